The van der Waals surface area contributed by atoms with Gasteiger partial charge in [-0.2, -0.15) is 0 Å². The molecule has 0 N–H and O–H groups in total. The number of fused-ring (bicyclic) bond motifs is 1. The Balaban J connectivity index is 1.55. The Kier molecular flexibility index (Phi) is 4.48. The number of carbonyl (C=O) groups is 2. The molecular weight excluding hydrogens is 338 g/mol. The number of anilines is 2. The number of Topliss-reactive ketones (excluding diaryl/α,β-unsaturated/α-hetero) is 1. The molecule has 2 aromatic carbocycles. The second-order valence-electron chi connectivity index (χ2n) is 7.46. The molecule has 0 aromatic heterocycles. The molecular formula is C22H25N3O2. The zero-order valence-electron chi connectivity index (χ0n) is 16.1. The molecule has 0 unspecified atom stereocenters. The molecule has 0 saturated carbocycles. The number of rotatable bonds is 2. The van der Waals surface area contributed by atoms with Crippen LogP contribution in [0.1, 0.15) is 28.4 Å². The van der Waals surface area contributed by atoms with Crippen LogP contribution in [0.5, 0.6) is 0 Å². The van der Waals surface area contributed by atoms with Crippen molar-refractivity contribution >= 4 is 23.1 Å². The van der Waals surface area contributed by atoms with E-state index in [-0.39, 0.29) is 11.7 Å². The van der Waals surface area contributed by atoms with Gasteiger partial charge in [0.1, 0.15) is 0 Å². The maximum absolute atomic E-state index is 13.0. The van der Waals surface area contributed by atoms with Crippen LogP contribution in [0.15, 0.2) is 42.5 Å². The fourth-order valence-corrected chi connectivity index (χ4v) is 4.22. The number of aryl methyl sites for hydroxylation is 2. The molecule has 5 nitrogen and oxygen atoms in total. The van der Waals surface area contributed by atoms with Crippen LogP contribution in [0.3, 0.4) is 0 Å². The SMILES string of the molecule is CC(=O)N1c2ccccc2C(=O)[C@H]1N1CCN(c2cc(C)ccc2C)CC1. The molecule has 0 spiro atoms. The van der Waals surface area contributed by atoms with Crippen LogP contribution in [0, 0.1) is 13.8 Å². The molecule has 2 aliphatic heterocycles. The van der Waals surface area contributed by atoms with E-state index in [9.17, 15) is 9.59 Å². The largest absolute Gasteiger partial charge is 0.369 e. The van der Waals surface area contributed by atoms with Crippen molar-refractivity contribution in [3.63, 3.8) is 0 Å². The van der Waals surface area contributed by atoms with Crippen molar-refractivity contribution in [3.05, 3.63) is 59.2 Å². The van der Waals surface area contributed by atoms with Crippen molar-refractivity contribution in [2.24, 2.45) is 0 Å². The number of amides is 1. The van der Waals surface area contributed by atoms with Gasteiger partial charge in [0, 0.05) is 44.4 Å². The van der Waals surface area contributed by atoms with E-state index in [1.807, 2.05) is 24.3 Å². The summed E-state index contributed by atoms with van der Waals surface area (Å²) in [4.78, 5) is 31.5. The van der Waals surface area contributed by atoms with Gasteiger partial charge in [-0.3, -0.25) is 19.4 Å². The Labute approximate surface area is 160 Å². The van der Waals surface area contributed by atoms with E-state index < -0.39 is 6.17 Å². The van der Waals surface area contributed by atoms with E-state index in [1.54, 1.807) is 4.90 Å². The third-order valence-corrected chi connectivity index (χ3v) is 5.61. The maximum Gasteiger partial charge on any atom is 0.225 e. The van der Waals surface area contributed by atoms with Crippen molar-refractivity contribution in [1.82, 2.24) is 4.90 Å². The summed E-state index contributed by atoms with van der Waals surface area (Å²) in [6.45, 7) is 8.97. The quantitative estimate of drug-likeness (QED) is 0.823. The van der Waals surface area contributed by atoms with Crippen LogP contribution in [0.25, 0.3) is 0 Å². The van der Waals surface area contributed by atoms with Gasteiger partial charge in [-0.15, -0.1) is 0 Å². The second-order valence-corrected chi connectivity index (χ2v) is 7.46. The van der Waals surface area contributed by atoms with Gasteiger partial charge in [0.05, 0.1) is 5.69 Å². The fourth-order valence-electron chi connectivity index (χ4n) is 4.22. The number of benzene rings is 2. The molecule has 140 valence electrons. The number of para-hydroxylation sites is 1. The van der Waals surface area contributed by atoms with Crippen LogP contribution in [-0.4, -0.2) is 48.9 Å². The lowest BCUT2D eigenvalue weighted by atomic mass is 10.1. The van der Waals surface area contributed by atoms with Crippen LogP contribution < -0.4 is 9.80 Å². The minimum Gasteiger partial charge on any atom is -0.369 e. The summed E-state index contributed by atoms with van der Waals surface area (Å²) in [5, 5.41) is 0. The molecule has 2 heterocycles. The molecule has 1 atom stereocenters. The Morgan fingerprint density at radius 2 is 1.67 bits per heavy atom. The third-order valence-electron chi connectivity index (χ3n) is 5.61. The number of hydrogen-bond donors (Lipinski definition) is 0. The van der Waals surface area contributed by atoms with Gasteiger partial charge in [0.2, 0.25) is 11.7 Å². The highest BCUT2D eigenvalue weighted by molar-refractivity contribution is 6.17. The number of nitrogens with zero attached hydrogens (tertiary/aromatic N) is 3. The number of ketones is 1. The van der Waals surface area contributed by atoms with Crippen molar-refractivity contribution in [2.45, 2.75) is 26.9 Å². The second kappa shape index (κ2) is 6.82. The summed E-state index contributed by atoms with van der Waals surface area (Å²) >= 11 is 0. The molecule has 0 aliphatic carbocycles. The van der Waals surface area contributed by atoms with Gasteiger partial charge in [0.15, 0.2) is 6.17 Å². The Bertz CT molecular complexity index is 900. The van der Waals surface area contributed by atoms with E-state index >= 15 is 0 Å². The topological polar surface area (TPSA) is 43.9 Å². The summed E-state index contributed by atoms with van der Waals surface area (Å²) in [6, 6.07) is 13.9. The lowest BCUT2D eigenvalue weighted by Crippen LogP contribution is -2.58. The van der Waals surface area contributed by atoms with E-state index in [4.69, 9.17) is 0 Å². The monoisotopic (exact) mass is 363 g/mol. The fraction of sp³-hybridized carbons (Fsp3) is 0.364. The van der Waals surface area contributed by atoms with Crippen LogP contribution in [0.2, 0.25) is 0 Å². The summed E-state index contributed by atoms with van der Waals surface area (Å²) in [6.07, 6.45) is -0.513. The lowest BCUT2D eigenvalue weighted by molar-refractivity contribution is -0.117. The number of carbonyl (C=O) groups excluding carboxylic acids is 2. The molecule has 1 fully saturated rings. The predicted octanol–water partition coefficient (Wildman–Crippen LogP) is 3.00. The van der Waals surface area contributed by atoms with Crippen molar-refractivity contribution in [2.75, 3.05) is 36.0 Å². The minimum atomic E-state index is -0.513. The minimum absolute atomic E-state index is 0.0287. The standard InChI is InChI=1S/C22H25N3O2/c1-15-8-9-16(2)20(14-15)23-10-12-24(13-11-23)22-21(27)18-6-4-5-7-19(18)25(22)17(3)26/h4-9,14,22H,10-13H2,1-3H3/t22-/m0/s1. The van der Waals surface area contributed by atoms with Crippen LogP contribution in [-0.2, 0) is 4.79 Å². The number of hydrogen-bond acceptors (Lipinski definition) is 4. The van der Waals surface area contributed by atoms with Gasteiger partial charge < -0.3 is 4.90 Å². The molecule has 0 radical (unpaired) electrons. The average Bonchev–Trinajstić information content (AvgIpc) is 2.97. The van der Waals surface area contributed by atoms with E-state index in [0.29, 0.717) is 5.56 Å². The number of piperazine rings is 1. The van der Waals surface area contributed by atoms with Gasteiger partial charge in [-0.25, -0.2) is 0 Å². The lowest BCUT2D eigenvalue weighted by Gasteiger charge is -2.41. The molecule has 1 amide bonds. The Morgan fingerprint density at radius 1 is 0.963 bits per heavy atom. The highest BCUT2D eigenvalue weighted by atomic mass is 16.2. The van der Waals surface area contributed by atoms with Gasteiger partial charge in [-0.05, 0) is 43.2 Å². The predicted molar refractivity (Wildman–Crippen MR) is 107 cm³/mol. The van der Waals surface area contributed by atoms with E-state index in [2.05, 4.69) is 41.8 Å². The van der Waals surface area contributed by atoms with Gasteiger partial charge >= 0.3 is 0 Å². The smallest absolute Gasteiger partial charge is 0.225 e. The Morgan fingerprint density at radius 3 is 2.37 bits per heavy atom. The average molecular weight is 363 g/mol. The van der Waals surface area contributed by atoms with Crippen LogP contribution in [0.4, 0.5) is 11.4 Å². The molecule has 1 saturated heterocycles. The first-order valence-electron chi connectivity index (χ1n) is 9.46. The Hall–Kier alpha value is -2.66. The zero-order valence-corrected chi connectivity index (χ0v) is 16.1. The third kappa shape index (κ3) is 3.02. The van der Waals surface area contributed by atoms with Crippen LogP contribution >= 0.6 is 0 Å². The van der Waals surface area contributed by atoms with E-state index in [0.717, 1.165) is 31.9 Å². The molecule has 5 heteroatoms. The van der Waals surface area contributed by atoms with Gasteiger partial charge in [0.25, 0.3) is 0 Å². The molecule has 2 aromatic rings. The first kappa shape index (κ1) is 17.7. The van der Waals surface area contributed by atoms with Crippen molar-refractivity contribution in [3.8, 4) is 0 Å². The van der Waals surface area contributed by atoms with E-state index in [1.165, 1.54) is 23.7 Å². The molecule has 27 heavy (non-hydrogen) atoms. The molecule has 0 bridgehead atoms. The molecule has 2 aliphatic rings. The van der Waals surface area contributed by atoms with Crippen molar-refractivity contribution < 1.29 is 9.59 Å². The summed E-state index contributed by atoms with van der Waals surface area (Å²) < 4.78 is 0. The van der Waals surface area contributed by atoms with Gasteiger partial charge in [-0.1, -0.05) is 24.3 Å². The normalized spacial score (nSPS) is 20.1. The van der Waals surface area contributed by atoms with Crippen molar-refractivity contribution in [1.29, 1.82) is 0 Å². The zero-order chi connectivity index (χ0) is 19.1. The first-order chi connectivity index (χ1) is 13.0. The highest BCUT2D eigenvalue weighted by Crippen LogP contribution is 2.34. The maximum atomic E-state index is 13.0. The summed E-state index contributed by atoms with van der Waals surface area (Å²) in [5.74, 6) is -0.0590. The first-order valence-corrected chi connectivity index (χ1v) is 9.46. The highest BCUT2D eigenvalue weighted by Gasteiger charge is 2.43. The summed E-state index contributed by atoms with van der Waals surface area (Å²) in [5.41, 5.74) is 5.16. The molecule has 4 rings (SSSR count). The summed E-state index contributed by atoms with van der Waals surface area (Å²) in [7, 11) is 0.